The van der Waals surface area contributed by atoms with Gasteiger partial charge in [-0.15, -0.1) is 0 Å². The van der Waals surface area contributed by atoms with Gasteiger partial charge < -0.3 is 9.64 Å². The summed E-state index contributed by atoms with van der Waals surface area (Å²) in [6.45, 7) is 6.86. The molecule has 26 heavy (non-hydrogen) atoms. The number of hydrogen-bond donors (Lipinski definition) is 1. The van der Waals surface area contributed by atoms with E-state index >= 15 is 0 Å². The fourth-order valence-electron chi connectivity index (χ4n) is 3.90. The van der Waals surface area contributed by atoms with Gasteiger partial charge in [0.15, 0.2) is 0 Å². The molecule has 1 aromatic rings. The molecule has 8 heteroatoms. The molecule has 0 aromatic heterocycles. The van der Waals surface area contributed by atoms with Crippen LogP contribution in [0.25, 0.3) is 0 Å². The molecular weight excluding hydrogens is 357 g/mol. The van der Waals surface area contributed by atoms with Crippen LogP contribution in [0.3, 0.4) is 0 Å². The highest BCUT2D eigenvalue weighted by Crippen LogP contribution is 2.29. The zero-order chi connectivity index (χ0) is 18.8. The number of halogens is 1. The van der Waals surface area contributed by atoms with Crippen LogP contribution in [0, 0.1) is 12.7 Å². The van der Waals surface area contributed by atoms with E-state index in [-0.39, 0.29) is 10.4 Å². The van der Waals surface area contributed by atoms with Gasteiger partial charge in [0.2, 0.25) is 10.0 Å². The van der Waals surface area contributed by atoms with Crippen LogP contribution in [-0.4, -0.2) is 76.7 Å². The van der Waals surface area contributed by atoms with Gasteiger partial charge in [0.25, 0.3) is 0 Å². The number of sulfonamides is 1. The maximum Gasteiger partial charge on any atom is 0.240 e. The molecule has 0 unspecified atom stereocenters. The van der Waals surface area contributed by atoms with E-state index in [1.807, 2.05) is 0 Å². The maximum atomic E-state index is 13.3. The van der Waals surface area contributed by atoms with Crippen molar-refractivity contribution in [2.24, 2.45) is 0 Å². The Labute approximate surface area is 155 Å². The molecule has 146 valence electrons. The van der Waals surface area contributed by atoms with Crippen LogP contribution >= 0.6 is 0 Å². The number of hydrogen-bond acceptors (Lipinski definition) is 5. The van der Waals surface area contributed by atoms with Crippen LogP contribution in [-0.2, 0) is 14.8 Å². The smallest absolute Gasteiger partial charge is 0.240 e. The highest BCUT2D eigenvalue weighted by atomic mass is 32.2. The summed E-state index contributed by atoms with van der Waals surface area (Å²) in [4.78, 5) is 4.80. The fourth-order valence-corrected chi connectivity index (χ4v) is 5.24. The van der Waals surface area contributed by atoms with Gasteiger partial charge in [-0.05, 0) is 63.7 Å². The van der Waals surface area contributed by atoms with Crippen LogP contribution in [0.15, 0.2) is 23.1 Å². The highest BCUT2D eigenvalue weighted by Gasteiger charge is 2.40. The third-order valence-electron chi connectivity index (χ3n) is 5.62. The van der Waals surface area contributed by atoms with Crippen molar-refractivity contribution in [3.05, 3.63) is 29.6 Å². The first-order valence-electron chi connectivity index (χ1n) is 9.10. The Morgan fingerprint density at radius 3 is 2.46 bits per heavy atom. The Bertz CT molecular complexity index is 727. The first-order valence-corrected chi connectivity index (χ1v) is 10.6. The van der Waals surface area contributed by atoms with E-state index in [2.05, 4.69) is 21.6 Å². The summed E-state index contributed by atoms with van der Waals surface area (Å²) in [6.07, 6.45) is 1.82. The molecule has 2 aliphatic heterocycles. The lowest BCUT2D eigenvalue weighted by Crippen LogP contribution is -2.62. The Balaban J connectivity index is 1.78. The first kappa shape index (κ1) is 19.7. The van der Waals surface area contributed by atoms with Crippen molar-refractivity contribution in [3.63, 3.8) is 0 Å². The van der Waals surface area contributed by atoms with Crippen molar-refractivity contribution in [3.8, 4) is 0 Å². The van der Waals surface area contributed by atoms with E-state index in [0.29, 0.717) is 25.3 Å². The van der Waals surface area contributed by atoms with E-state index in [4.69, 9.17) is 4.74 Å². The maximum absolute atomic E-state index is 13.3. The van der Waals surface area contributed by atoms with Crippen LogP contribution in [0.5, 0.6) is 0 Å². The number of rotatable bonds is 5. The van der Waals surface area contributed by atoms with Crippen LogP contribution in [0.1, 0.15) is 18.4 Å². The molecule has 2 aliphatic rings. The fraction of sp³-hybridized carbons (Fsp3) is 0.667. The highest BCUT2D eigenvalue weighted by molar-refractivity contribution is 7.89. The van der Waals surface area contributed by atoms with Crippen LogP contribution in [0.4, 0.5) is 4.39 Å². The Morgan fingerprint density at radius 2 is 1.85 bits per heavy atom. The summed E-state index contributed by atoms with van der Waals surface area (Å²) in [7, 11) is -1.59. The van der Waals surface area contributed by atoms with Crippen molar-refractivity contribution < 1.29 is 17.5 Å². The van der Waals surface area contributed by atoms with Crippen molar-refractivity contribution >= 4 is 10.0 Å². The first-order chi connectivity index (χ1) is 12.3. The quantitative estimate of drug-likeness (QED) is 0.826. The Morgan fingerprint density at radius 1 is 1.19 bits per heavy atom. The lowest BCUT2D eigenvalue weighted by molar-refractivity contribution is -0.0427. The standard InChI is InChI=1S/C18H28FN3O3S/c1-15-13-16(19)3-4-17(15)26(23,24)20-14-18(5-7-21(2)8-6-18)22-9-11-25-12-10-22/h3-4,13,20H,5-12,14H2,1-2H3. The van der Waals surface area contributed by atoms with Gasteiger partial charge in [-0.25, -0.2) is 17.5 Å². The van der Waals surface area contributed by atoms with Gasteiger partial charge in [-0.1, -0.05) is 0 Å². The summed E-state index contributed by atoms with van der Waals surface area (Å²) in [5.41, 5.74) is 0.221. The Hall–Kier alpha value is -1.06. The van der Waals surface area contributed by atoms with Crippen molar-refractivity contribution in [2.75, 3.05) is 53.0 Å². The number of benzene rings is 1. The largest absolute Gasteiger partial charge is 0.379 e. The third-order valence-corrected chi connectivity index (χ3v) is 7.18. The van der Waals surface area contributed by atoms with E-state index < -0.39 is 15.8 Å². The summed E-state index contributed by atoms with van der Waals surface area (Å²) in [5, 5.41) is 0. The monoisotopic (exact) mass is 385 g/mol. The van der Waals surface area contributed by atoms with E-state index in [0.717, 1.165) is 39.0 Å². The minimum atomic E-state index is -3.69. The minimum Gasteiger partial charge on any atom is -0.379 e. The number of ether oxygens (including phenoxy) is 1. The number of aryl methyl sites for hydroxylation is 1. The molecule has 3 rings (SSSR count). The van der Waals surface area contributed by atoms with Gasteiger partial charge in [0, 0.05) is 25.2 Å². The molecule has 0 bridgehead atoms. The predicted octanol–water partition coefficient (Wildman–Crippen LogP) is 1.21. The second kappa shape index (κ2) is 7.90. The van der Waals surface area contributed by atoms with Gasteiger partial charge in [0.1, 0.15) is 5.82 Å². The van der Waals surface area contributed by atoms with E-state index in [9.17, 15) is 12.8 Å². The lowest BCUT2D eigenvalue weighted by Gasteiger charge is -2.49. The molecule has 6 nitrogen and oxygen atoms in total. The molecule has 0 aliphatic carbocycles. The van der Waals surface area contributed by atoms with Gasteiger partial charge in [0.05, 0.1) is 18.1 Å². The number of nitrogens with one attached hydrogen (secondary N) is 1. The molecule has 0 spiro atoms. The number of nitrogens with zero attached hydrogens (tertiary/aromatic N) is 2. The molecule has 2 saturated heterocycles. The molecule has 0 radical (unpaired) electrons. The molecule has 0 saturated carbocycles. The molecule has 0 amide bonds. The minimum absolute atomic E-state index is 0.143. The van der Waals surface area contributed by atoms with Crippen molar-refractivity contribution in [2.45, 2.75) is 30.2 Å². The van der Waals surface area contributed by atoms with E-state index in [1.54, 1.807) is 6.92 Å². The summed E-state index contributed by atoms with van der Waals surface area (Å²) in [5.74, 6) is -0.429. The number of morpholine rings is 1. The molecule has 1 N–H and O–H groups in total. The summed E-state index contributed by atoms with van der Waals surface area (Å²) >= 11 is 0. The summed E-state index contributed by atoms with van der Waals surface area (Å²) < 4.78 is 47.2. The van der Waals surface area contributed by atoms with Crippen LogP contribution in [0.2, 0.25) is 0 Å². The normalized spacial score (nSPS) is 22.4. The number of likely N-dealkylation sites (tertiary alicyclic amines) is 1. The molecule has 1 aromatic carbocycles. The SMILES string of the molecule is Cc1cc(F)ccc1S(=O)(=O)NCC1(N2CCOCC2)CCN(C)CC1. The molecule has 0 atom stereocenters. The molecule has 2 fully saturated rings. The zero-order valence-electron chi connectivity index (χ0n) is 15.5. The zero-order valence-corrected chi connectivity index (χ0v) is 16.3. The van der Waals surface area contributed by atoms with Crippen molar-refractivity contribution in [1.82, 2.24) is 14.5 Å². The Kier molecular flexibility index (Phi) is 5.98. The second-order valence-electron chi connectivity index (χ2n) is 7.36. The topological polar surface area (TPSA) is 61.9 Å². The van der Waals surface area contributed by atoms with Crippen molar-refractivity contribution in [1.29, 1.82) is 0 Å². The van der Waals surface area contributed by atoms with E-state index in [1.165, 1.54) is 18.2 Å². The number of piperidine rings is 1. The van der Waals surface area contributed by atoms with Gasteiger partial charge in [-0.2, -0.15) is 0 Å². The average Bonchev–Trinajstić information content (AvgIpc) is 2.62. The summed E-state index contributed by atoms with van der Waals surface area (Å²) in [6, 6.07) is 3.78. The molecular formula is C18H28FN3O3S. The van der Waals surface area contributed by atoms with Gasteiger partial charge >= 0.3 is 0 Å². The lowest BCUT2D eigenvalue weighted by atomic mass is 9.85. The van der Waals surface area contributed by atoms with Gasteiger partial charge in [-0.3, -0.25) is 4.90 Å². The third kappa shape index (κ3) is 4.26. The molecule has 2 heterocycles. The predicted molar refractivity (Wildman–Crippen MR) is 98.2 cm³/mol. The second-order valence-corrected chi connectivity index (χ2v) is 9.10. The average molecular weight is 386 g/mol. The van der Waals surface area contributed by atoms with Crippen LogP contribution < -0.4 is 4.72 Å².